The second kappa shape index (κ2) is 5.85. The molecule has 1 aromatic carbocycles. The van der Waals surface area contributed by atoms with Crippen LogP contribution in [0.4, 0.5) is 0 Å². The normalized spacial score (nSPS) is 10.3. The SMILES string of the molecule is CCOC(=O)c1ccc(-c2cccc(Cl)c2)nc1C. The van der Waals surface area contributed by atoms with Crippen LogP contribution >= 0.6 is 11.6 Å². The van der Waals surface area contributed by atoms with Crippen molar-refractivity contribution in [3.05, 3.63) is 52.7 Å². The van der Waals surface area contributed by atoms with Gasteiger partial charge in [-0.05, 0) is 38.1 Å². The summed E-state index contributed by atoms with van der Waals surface area (Å²) >= 11 is 5.96. The summed E-state index contributed by atoms with van der Waals surface area (Å²) in [4.78, 5) is 16.1. The highest BCUT2D eigenvalue weighted by Gasteiger charge is 2.12. The molecular formula is C15H14ClNO2. The molecule has 2 aromatic rings. The van der Waals surface area contributed by atoms with Crippen LogP contribution in [0.15, 0.2) is 36.4 Å². The smallest absolute Gasteiger partial charge is 0.339 e. The highest BCUT2D eigenvalue weighted by atomic mass is 35.5. The fourth-order valence-electron chi connectivity index (χ4n) is 1.79. The Morgan fingerprint density at radius 1 is 1.32 bits per heavy atom. The summed E-state index contributed by atoms with van der Waals surface area (Å²) in [5, 5.41) is 0.659. The van der Waals surface area contributed by atoms with E-state index in [1.54, 1.807) is 26.0 Å². The molecule has 0 saturated heterocycles. The van der Waals surface area contributed by atoms with E-state index in [-0.39, 0.29) is 5.97 Å². The van der Waals surface area contributed by atoms with Crippen LogP contribution in [0.2, 0.25) is 5.02 Å². The number of aromatic nitrogens is 1. The first-order chi connectivity index (χ1) is 9.11. The number of esters is 1. The lowest BCUT2D eigenvalue weighted by Crippen LogP contribution is -2.08. The van der Waals surface area contributed by atoms with Crippen molar-refractivity contribution in [3.63, 3.8) is 0 Å². The topological polar surface area (TPSA) is 39.2 Å². The predicted molar refractivity (Wildman–Crippen MR) is 75.4 cm³/mol. The maximum atomic E-state index is 11.7. The summed E-state index contributed by atoms with van der Waals surface area (Å²) < 4.78 is 4.97. The average molecular weight is 276 g/mol. The molecule has 19 heavy (non-hydrogen) atoms. The lowest BCUT2D eigenvalue weighted by atomic mass is 10.1. The number of hydrogen-bond donors (Lipinski definition) is 0. The Morgan fingerprint density at radius 2 is 2.11 bits per heavy atom. The molecule has 0 unspecified atom stereocenters. The van der Waals surface area contributed by atoms with E-state index in [9.17, 15) is 4.79 Å². The monoisotopic (exact) mass is 275 g/mol. The zero-order valence-electron chi connectivity index (χ0n) is 10.8. The number of carbonyl (C=O) groups is 1. The molecule has 0 aliphatic heterocycles. The van der Waals surface area contributed by atoms with E-state index in [0.29, 0.717) is 22.9 Å². The number of hydrogen-bond acceptors (Lipinski definition) is 3. The quantitative estimate of drug-likeness (QED) is 0.798. The van der Waals surface area contributed by atoms with Crippen molar-refractivity contribution < 1.29 is 9.53 Å². The lowest BCUT2D eigenvalue weighted by molar-refractivity contribution is 0.0525. The Bertz CT molecular complexity index is 611. The first-order valence-corrected chi connectivity index (χ1v) is 6.40. The van der Waals surface area contributed by atoms with Gasteiger partial charge < -0.3 is 4.74 Å². The fourth-order valence-corrected chi connectivity index (χ4v) is 1.98. The zero-order valence-corrected chi connectivity index (χ0v) is 11.6. The van der Waals surface area contributed by atoms with E-state index in [2.05, 4.69) is 4.98 Å². The molecule has 98 valence electrons. The van der Waals surface area contributed by atoms with Crippen LogP contribution in [0.3, 0.4) is 0 Å². The minimum Gasteiger partial charge on any atom is -0.462 e. The summed E-state index contributed by atoms with van der Waals surface area (Å²) in [6.45, 7) is 3.93. The van der Waals surface area contributed by atoms with Gasteiger partial charge in [0.15, 0.2) is 0 Å². The van der Waals surface area contributed by atoms with Crippen molar-refractivity contribution >= 4 is 17.6 Å². The molecule has 1 heterocycles. The van der Waals surface area contributed by atoms with Crippen molar-refractivity contribution in [3.8, 4) is 11.3 Å². The van der Waals surface area contributed by atoms with Gasteiger partial charge in [0.2, 0.25) is 0 Å². The van der Waals surface area contributed by atoms with Crippen molar-refractivity contribution in [2.45, 2.75) is 13.8 Å². The third-order valence-corrected chi connectivity index (χ3v) is 2.94. The predicted octanol–water partition coefficient (Wildman–Crippen LogP) is 3.89. The van der Waals surface area contributed by atoms with E-state index in [1.165, 1.54) is 0 Å². The highest BCUT2D eigenvalue weighted by Crippen LogP contribution is 2.22. The third kappa shape index (κ3) is 3.12. The van der Waals surface area contributed by atoms with Gasteiger partial charge in [-0.25, -0.2) is 4.79 Å². The van der Waals surface area contributed by atoms with Gasteiger partial charge in [0, 0.05) is 10.6 Å². The Labute approximate surface area is 117 Å². The van der Waals surface area contributed by atoms with Gasteiger partial charge in [-0.2, -0.15) is 0 Å². The van der Waals surface area contributed by atoms with Gasteiger partial charge in [0.1, 0.15) is 0 Å². The summed E-state index contributed by atoms with van der Waals surface area (Å²) in [7, 11) is 0. The van der Waals surface area contributed by atoms with E-state index >= 15 is 0 Å². The average Bonchev–Trinajstić information content (AvgIpc) is 2.38. The first-order valence-electron chi connectivity index (χ1n) is 6.02. The van der Waals surface area contributed by atoms with Crippen LogP contribution in [-0.2, 0) is 4.74 Å². The molecule has 0 radical (unpaired) electrons. The van der Waals surface area contributed by atoms with Gasteiger partial charge in [0.05, 0.1) is 23.6 Å². The van der Waals surface area contributed by atoms with E-state index in [1.807, 2.05) is 24.3 Å². The number of pyridine rings is 1. The maximum absolute atomic E-state index is 11.7. The standard InChI is InChI=1S/C15H14ClNO2/c1-3-19-15(18)13-7-8-14(17-10(13)2)11-5-4-6-12(16)9-11/h4-9H,3H2,1-2H3. The molecule has 0 aliphatic rings. The number of halogens is 1. The molecule has 0 amide bonds. The highest BCUT2D eigenvalue weighted by molar-refractivity contribution is 6.30. The molecular weight excluding hydrogens is 262 g/mol. The number of carbonyl (C=O) groups excluding carboxylic acids is 1. The van der Waals surface area contributed by atoms with E-state index in [0.717, 1.165) is 11.3 Å². The number of benzene rings is 1. The van der Waals surface area contributed by atoms with Crippen LogP contribution in [0.25, 0.3) is 11.3 Å². The van der Waals surface area contributed by atoms with Crippen LogP contribution in [-0.4, -0.2) is 17.6 Å². The minimum atomic E-state index is -0.342. The van der Waals surface area contributed by atoms with Crippen LogP contribution in [0.1, 0.15) is 23.0 Å². The van der Waals surface area contributed by atoms with Crippen LogP contribution < -0.4 is 0 Å². The molecule has 0 aliphatic carbocycles. The summed E-state index contributed by atoms with van der Waals surface area (Å²) in [5.41, 5.74) is 2.85. The van der Waals surface area contributed by atoms with Crippen molar-refractivity contribution in [1.82, 2.24) is 4.98 Å². The minimum absolute atomic E-state index is 0.342. The van der Waals surface area contributed by atoms with Crippen molar-refractivity contribution in [1.29, 1.82) is 0 Å². The third-order valence-electron chi connectivity index (χ3n) is 2.70. The number of ether oxygens (including phenoxy) is 1. The molecule has 2 rings (SSSR count). The van der Waals surface area contributed by atoms with Gasteiger partial charge in [0.25, 0.3) is 0 Å². The molecule has 1 aromatic heterocycles. The molecule has 0 bridgehead atoms. The molecule has 3 nitrogen and oxygen atoms in total. The molecule has 0 atom stereocenters. The van der Waals surface area contributed by atoms with Crippen molar-refractivity contribution in [2.24, 2.45) is 0 Å². The Balaban J connectivity index is 2.36. The molecule has 0 fully saturated rings. The van der Waals surface area contributed by atoms with Gasteiger partial charge in [-0.15, -0.1) is 0 Å². The lowest BCUT2D eigenvalue weighted by Gasteiger charge is -2.07. The van der Waals surface area contributed by atoms with E-state index in [4.69, 9.17) is 16.3 Å². The molecule has 0 spiro atoms. The summed E-state index contributed by atoms with van der Waals surface area (Å²) in [6, 6.07) is 11.0. The Morgan fingerprint density at radius 3 is 2.74 bits per heavy atom. The van der Waals surface area contributed by atoms with Gasteiger partial charge in [-0.3, -0.25) is 4.98 Å². The van der Waals surface area contributed by atoms with Crippen LogP contribution in [0.5, 0.6) is 0 Å². The Kier molecular flexibility index (Phi) is 4.17. The van der Waals surface area contributed by atoms with Gasteiger partial charge >= 0.3 is 5.97 Å². The molecule has 4 heteroatoms. The second-order valence-electron chi connectivity index (χ2n) is 4.06. The van der Waals surface area contributed by atoms with E-state index < -0.39 is 0 Å². The first kappa shape index (κ1) is 13.6. The Hall–Kier alpha value is -1.87. The van der Waals surface area contributed by atoms with Crippen LogP contribution in [0, 0.1) is 6.92 Å². The summed E-state index contributed by atoms with van der Waals surface area (Å²) in [6.07, 6.45) is 0. The maximum Gasteiger partial charge on any atom is 0.339 e. The fraction of sp³-hybridized carbons (Fsp3) is 0.200. The zero-order chi connectivity index (χ0) is 13.8. The number of rotatable bonds is 3. The molecule has 0 N–H and O–H groups in total. The number of aryl methyl sites for hydroxylation is 1. The second-order valence-corrected chi connectivity index (χ2v) is 4.50. The molecule has 0 saturated carbocycles. The van der Waals surface area contributed by atoms with Gasteiger partial charge in [-0.1, -0.05) is 23.7 Å². The summed E-state index contributed by atoms with van der Waals surface area (Å²) in [5.74, 6) is -0.342. The number of nitrogens with zero attached hydrogens (tertiary/aromatic N) is 1. The largest absolute Gasteiger partial charge is 0.462 e. The van der Waals surface area contributed by atoms with Crippen molar-refractivity contribution in [2.75, 3.05) is 6.61 Å².